The van der Waals surface area contributed by atoms with E-state index < -0.39 is 0 Å². The first kappa shape index (κ1) is 14.3. The fourth-order valence-corrected chi connectivity index (χ4v) is 1.82. The molecule has 0 atom stereocenters. The zero-order valence-electron chi connectivity index (χ0n) is 9.84. The van der Waals surface area contributed by atoms with Crippen molar-refractivity contribution in [2.45, 2.75) is 26.2 Å². The van der Waals surface area contributed by atoms with Crippen LogP contribution in [0.25, 0.3) is 0 Å². The van der Waals surface area contributed by atoms with Crippen molar-refractivity contribution in [2.24, 2.45) is 0 Å². The van der Waals surface area contributed by atoms with Crippen molar-refractivity contribution >= 4 is 21.7 Å². The van der Waals surface area contributed by atoms with Gasteiger partial charge in [-0.1, -0.05) is 19.1 Å². The van der Waals surface area contributed by atoms with Gasteiger partial charge in [0.1, 0.15) is 11.6 Å². The van der Waals surface area contributed by atoms with Crippen molar-refractivity contribution in [3.8, 4) is 0 Å². The molecule has 0 saturated heterocycles. The number of halogens is 2. The van der Waals surface area contributed by atoms with E-state index in [-0.39, 0.29) is 18.0 Å². The van der Waals surface area contributed by atoms with E-state index in [0.29, 0.717) is 29.7 Å². The van der Waals surface area contributed by atoms with E-state index in [1.54, 1.807) is 12.1 Å². The van der Waals surface area contributed by atoms with Crippen molar-refractivity contribution in [1.29, 1.82) is 0 Å². The van der Waals surface area contributed by atoms with Gasteiger partial charge in [-0.25, -0.2) is 4.39 Å². The molecule has 0 saturated carbocycles. The van der Waals surface area contributed by atoms with Gasteiger partial charge in [-0.3, -0.25) is 4.79 Å². The smallest absolute Gasteiger partial charge is 0.139 e. The molecule has 0 aliphatic heterocycles. The Hall–Kier alpha value is -0.740. The van der Waals surface area contributed by atoms with Gasteiger partial charge in [0.25, 0.3) is 0 Å². The quantitative estimate of drug-likeness (QED) is 0.720. The molecule has 2 nitrogen and oxygen atoms in total. The number of hydrogen-bond acceptors (Lipinski definition) is 2. The average Bonchev–Trinajstić information content (AvgIpc) is 2.31. The van der Waals surface area contributed by atoms with Gasteiger partial charge in [-0.05, 0) is 34.0 Å². The van der Waals surface area contributed by atoms with Crippen LogP contribution in [0.15, 0.2) is 22.7 Å². The summed E-state index contributed by atoms with van der Waals surface area (Å²) < 4.78 is 18.8. The normalized spacial score (nSPS) is 10.5. The minimum absolute atomic E-state index is 0.0624. The lowest BCUT2D eigenvalue weighted by atomic mass is 10.1. The first-order chi connectivity index (χ1) is 8.15. The molecule has 1 aromatic rings. The van der Waals surface area contributed by atoms with E-state index in [1.165, 1.54) is 6.07 Å². The zero-order valence-corrected chi connectivity index (χ0v) is 11.4. The highest BCUT2D eigenvalue weighted by molar-refractivity contribution is 9.10. The third kappa shape index (κ3) is 4.96. The number of carbonyl (C=O) groups excluding carboxylic acids is 1. The second-order valence-electron chi connectivity index (χ2n) is 3.79. The summed E-state index contributed by atoms with van der Waals surface area (Å²) in [5.41, 5.74) is 0.686. The molecule has 94 valence electrons. The number of hydrogen-bond donors (Lipinski definition) is 0. The molecule has 0 N–H and O–H groups in total. The molecule has 4 heteroatoms. The molecule has 17 heavy (non-hydrogen) atoms. The number of rotatable bonds is 7. The van der Waals surface area contributed by atoms with Gasteiger partial charge in [0.2, 0.25) is 0 Å². The maximum atomic E-state index is 13.2. The summed E-state index contributed by atoms with van der Waals surface area (Å²) in [6.45, 7) is 3.14. The van der Waals surface area contributed by atoms with E-state index >= 15 is 0 Å². The highest BCUT2D eigenvalue weighted by Gasteiger charge is 2.09. The summed E-state index contributed by atoms with van der Waals surface area (Å²) in [7, 11) is 0. The standard InChI is InChI=1S/C13H16BrFO2/c1-2-7-17-8-6-11(16)9-10-4-3-5-12(15)13(10)14/h3-5H,2,6-9H2,1H3. The van der Waals surface area contributed by atoms with Crippen LogP contribution in [-0.2, 0) is 16.0 Å². The minimum Gasteiger partial charge on any atom is -0.381 e. The summed E-state index contributed by atoms with van der Waals surface area (Å²) in [5.74, 6) is -0.273. The van der Waals surface area contributed by atoms with Crippen LogP contribution in [-0.4, -0.2) is 19.0 Å². The molecule has 0 amide bonds. The lowest BCUT2D eigenvalue weighted by Gasteiger charge is -2.05. The zero-order chi connectivity index (χ0) is 12.7. The minimum atomic E-state index is -0.336. The summed E-state index contributed by atoms with van der Waals surface area (Å²) in [6, 6.07) is 4.72. The van der Waals surface area contributed by atoms with Gasteiger partial charge >= 0.3 is 0 Å². The Morgan fingerprint density at radius 2 is 2.18 bits per heavy atom. The number of ketones is 1. The van der Waals surface area contributed by atoms with Crippen LogP contribution in [0.4, 0.5) is 4.39 Å². The Labute approximate surface area is 109 Å². The summed E-state index contributed by atoms with van der Waals surface area (Å²) in [5, 5.41) is 0. The Balaban J connectivity index is 2.43. The fraction of sp³-hybridized carbons (Fsp3) is 0.462. The molecule has 1 rings (SSSR count). The Morgan fingerprint density at radius 3 is 2.88 bits per heavy atom. The van der Waals surface area contributed by atoms with E-state index in [0.717, 1.165) is 6.42 Å². The van der Waals surface area contributed by atoms with Crippen LogP contribution >= 0.6 is 15.9 Å². The molecule has 0 aliphatic rings. The van der Waals surface area contributed by atoms with E-state index in [9.17, 15) is 9.18 Å². The van der Waals surface area contributed by atoms with Gasteiger partial charge in [-0.2, -0.15) is 0 Å². The maximum absolute atomic E-state index is 13.2. The Kier molecular flexibility index (Phi) is 6.37. The molecule has 0 spiro atoms. The summed E-state index contributed by atoms with van der Waals surface area (Å²) in [6.07, 6.45) is 1.57. The van der Waals surface area contributed by atoms with Gasteiger partial charge in [0.05, 0.1) is 11.1 Å². The van der Waals surface area contributed by atoms with Gasteiger partial charge in [0, 0.05) is 19.4 Å². The van der Waals surface area contributed by atoms with Crippen molar-refractivity contribution in [3.05, 3.63) is 34.1 Å². The first-order valence-corrected chi connectivity index (χ1v) is 6.46. The lowest BCUT2D eigenvalue weighted by molar-refractivity contribution is -0.119. The van der Waals surface area contributed by atoms with Gasteiger partial charge in [-0.15, -0.1) is 0 Å². The average molecular weight is 303 g/mol. The van der Waals surface area contributed by atoms with Gasteiger partial charge < -0.3 is 4.74 Å². The Bertz CT molecular complexity index is 380. The molecule has 0 radical (unpaired) electrons. The molecular weight excluding hydrogens is 287 g/mol. The monoisotopic (exact) mass is 302 g/mol. The van der Waals surface area contributed by atoms with Crippen molar-refractivity contribution < 1.29 is 13.9 Å². The van der Waals surface area contributed by atoms with Crippen molar-refractivity contribution in [1.82, 2.24) is 0 Å². The molecule has 0 aromatic heterocycles. The molecule has 0 heterocycles. The highest BCUT2D eigenvalue weighted by atomic mass is 79.9. The predicted octanol–water partition coefficient (Wildman–Crippen LogP) is 3.52. The van der Waals surface area contributed by atoms with Crippen molar-refractivity contribution in [3.63, 3.8) is 0 Å². The lowest BCUT2D eigenvalue weighted by Crippen LogP contribution is -2.08. The number of Topliss-reactive ketones (excluding diaryl/α,β-unsaturated/α-hetero) is 1. The largest absolute Gasteiger partial charge is 0.381 e. The van der Waals surface area contributed by atoms with E-state index in [4.69, 9.17) is 4.74 Å². The van der Waals surface area contributed by atoms with Crippen LogP contribution in [0.3, 0.4) is 0 Å². The fourth-order valence-electron chi connectivity index (χ4n) is 1.42. The van der Waals surface area contributed by atoms with E-state index in [1.807, 2.05) is 6.92 Å². The SMILES string of the molecule is CCCOCCC(=O)Cc1cccc(F)c1Br. The van der Waals surface area contributed by atoms with Crippen LogP contribution < -0.4 is 0 Å². The van der Waals surface area contributed by atoms with Crippen LogP contribution in [0, 0.1) is 5.82 Å². The second-order valence-corrected chi connectivity index (χ2v) is 4.58. The van der Waals surface area contributed by atoms with Crippen LogP contribution in [0.5, 0.6) is 0 Å². The van der Waals surface area contributed by atoms with Crippen LogP contribution in [0.2, 0.25) is 0 Å². The second kappa shape index (κ2) is 7.56. The summed E-state index contributed by atoms with van der Waals surface area (Å²) in [4.78, 5) is 11.6. The molecule has 1 aromatic carbocycles. The molecular formula is C13H16BrFO2. The number of ether oxygens (including phenoxy) is 1. The highest BCUT2D eigenvalue weighted by Crippen LogP contribution is 2.21. The Morgan fingerprint density at radius 1 is 1.41 bits per heavy atom. The van der Waals surface area contributed by atoms with Crippen LogP contribution in [0.1, 0.15) is 25.3 Å². The molecule has 0 unspecified atom stereocenters. The maximum Gasteiger partial charge on any atom is 0.139 e. The summed E-state index contributed by atoms with van der Waals surface area (Å²) >= 11 is 3.14. The van der Waals surface area contributed by atoms with E-state index in [2.05, 4.69) is 15.9 Å². The van der Waals surface area contributed by atoms with Gasteiger partial charge in [0.15, 0.2) is 0 Å². The molecule has 0 bridgehead atoms. The first-order valence-electron chi connectivity index (χ1n) is 5.67. The van der Waals surface area contributed by atoms with Crippen molar-refractivity contribution in [2.75, 3.05) is 13.2 Å². The third-order valence-electron chi connectivity index (χ3n) is 2.29. The molecule has 0 aliphatic carbocycles. The number of carbonyl (C=O) groups is 1. The predicted molar refractivity (Wildman–Crippen MR) is 68.5 cm³/mol. The third-order valence-corrected chi connectivity index (χ3v) is 3.18. The topological polar surface area (TPSA) is 26.3 Å². The number of benzene rings is 1. The molecule has 0 fully saturated rings.